The third-order valence-electron chi connectivity index (χ3n) is 9.18. The van der Waals surface area contributed by atoms with Crippen molar-refractivity contribution in [2.75, 3.05) is 20.1 Å². The van der Waals surface area contributed by atoms with Crippen molar-refractivity contribution < 1.29 is 14.0 Å². The molecule has 0 radical (unpaired) electrons. The Hall–Kier alpha value is -1.21. The van der Waals surface area contributed by atoms with E-state index in [0.29, 0.717) is 36.8 Å². The monoisotopic (exact) mass is 448 g/mol. The highest BCUT2D eigenvalue weighted by Crippen LogP contribution is 2.39. The highest BCUT2D eigenvalue weighted by molar-refractivity contribution is 5.82. The third-order valence-corrected chi connectivity index (χ3v) is 9.18. The van der Waals surface area contributed by atoms with Crippen LogP contribution in [0, 0.1) is 17.8 Å². The van der Waals surface area contributed by atoms with E-state index in [4.69, 9.17) is 0 Å². The zero-order chi connectivity index (χ0) is 22.4. The molecule has 7 heteroatoms. The van der Waals surface area contributed by atoms with Crippen LogP contribution in [-0.4, -0.2) is 78.1 Å². The maximum absolute atomic E-state index is 14.4. The second-order valence-electron chi connectivity index (χ2n) is 11.4. The lowest BCUT2D eigenvalue weighted by atomic mass is 9.77. The average Bonchev–Trinajstić information content (AvgIpc) is 3.33. The standard InChI is InChI=1S/C25H41FN4O2/c1-15-6-9-21(26)20-13-22(28-23(15)20)24(31)27-17-4-3-5-18(12-17)30-11-10-19(14-30)29(2)25(32)16-7-8-16/h15-23,28H,3-14H2,1-2H3,(H,27,31)/t15?,17-,18+,19?,20?,21?,22?,23?/m1/s1. The van der Waals surface area contributed by atoms with Crippen molar-refractivity contribution in [2.45, 2.75) is 108 Å². The van der Waals surface area contributed by atoms with E-state index in [1.165, 1.54) is 6.42 Å². The van der Waals surface area contributed by atoms with E-state index in [0.717, 1.165) is 58.0 Å². The lowest BCUT2D eigenvalue weighted by Gasteiger charge is -2.36. The van der Waals surface area contributed by atoms with E-state index >= 15 is 0 Å². The Morgan fingerprint density at radius 1 is 1.06 bits per heavy atom. The fourth-order valence-electron chi connectivity index (χ4n) is 6.94. The Morgan fingerprint density at radius 3 is 2.62 bits per heavy atom. The minimum absolute atomic E-state index is 0.00882. The van der Waals surface area contributed by atoms with E-state index in [2.05, 4.69) is 22.5 Å². The number of amides is 2. The van der Waals surface area contributed by atoms with Crippen LogP contribution in [0.5, 0.6) is 0 Å². The summed E-state index contributed by atoms with van der Waals surface area (Å²) in [5.74, 6) is 1.12. The van der Waals surface area contributed by atoms with Gasteiger partial charge in [0.1, 0.15) is 6.17 Å². The molecule has 6 nitrogen and oxygen atoms in total. The van der Waals surface area contributed by atoms with Crippen molar-refractivity contribution in [1.82, 2.24) is 20.4 Å². The molecule has 2 N–H and O–H groups in total. The molecular formula is C25H41FN4O2. The Labute approximate surface area is 192 Å². The van der Waals surface area contributed by atoms with Gasteiger partial charge in [0.2, 0.25) is 11.8 Å². The van der Waals surface area contributed by atoms with Gasteiger partial charge in [-0.25, -0.2) is 4.39 Å². The van der Waals surface area contributed by atoms with Crippen LogP contribution >= 0.6 is 0 Å². The molecule has 0 aromatic rings. The van der Waals surface area contributed by atoms with Gasteiger partial charge in [0.15, 0.2) is 0 Å². The highest BCUT2D eigenvalue weighted by atomic mass is 19.1. The van der Waals surface area contributed by atoms with Gasteiger partial charge in [0.25, 0.3) is 0 Å². The van der Waals surface area contributed by atoms with E-state index < -0.39 is 6.17 Å². The molecule has 3 aliphatic carbocycles. The predicted molar refractivity (Wildman–Crippen MR) is 122 cm³/mol. The zero-order valence-corrected chi connectivity index (χ0v) is 19.8. The molecule has 180 valence electrons. The molecule has 0 aromatic carbocycles. The predicted octanol–water partition coefficient (Wildman–Crippen LogP) is 2.47. The average molecular weight is 449 g/mol. The van der Waals surface area contributed by atoms with Crippen molar-refractivity contribution in [3.05, 3.63) is 0 Å². The number of nitrogens with zero attached hydrogens (tertiary/aromatic N) is 2. The Kier molecular flexibility index (Phi) is 6.49. The topological polar surface area (TPSA) is 64.7 Å². The second-order valence-corrected chi connectivity index (χ2v) is 11.4. The first-order valence-electron chi connectivity index (χ1n) is 13.1. The summed E-state index contributed by atoms with van der Waals surface area (Å²) in [5.41, 5.74) is 0. The summed E-state index contributed by atoms with van der Waals surface area (Å²) >= 11 is 0. The maximum atomic E-state index is 14.4. The number of nitrogens with one attached hydrogen (secondary N) is 2. The molecule has 0 bridgehead atoms. The summed E-state index contributed by atoms with van der Waals surface area (Å²) in [4.78, 5) is 30.0. The number of fused-ring (bicyclic) bond motifs is 1. The largest absolute Gasteiger partial charge is 0.352 e. The van der Waals surface area contributed by atoms with Crippen molar-refractivity contribution >= 4 is 11.8 Å². The molecule has 0 spiro atoms. The van der Waals surface area contributed by atoms with E-state index in [1.54, 1.807) is 0 Å². The lowest BCUT2D eigenvalue weighted by molar-refractivity contribution is -0.133. The Bertz CT molecular complexity index is 698. The molecule has 2 amide bonds. The molecule has 32 heavy (non-hydrogen) atoms. The highest BCUT2D eigenvalue weighted by Gasteiger charge is 2.46. The zero-order valence-electron chi connectivity index (χ0n) is 19.8. The van der Waals surface area contributed by atoms with Crippen LogP contribution in [-0.2, 0) is 9.59 Å². The first-order valence-corrected chi connectivity index (χ1v) is 13.1. The van der Waals surface area contributed by atoms with Gasteiger partial charge in [-0.3, -0.25) is 14.5 Å². The molecule has 5 aliphatic rings. The minimum Gasteiger partial charge on any atom is -0.352 e. The molecule has 2 aliphatic heterocycles. The number of hydrogen-bond acceptors (Lipinski definition) is 4. The molecule has 3 saturated carbocycles. The fourth-order valence-corrected chi connectivity index (χ4v) is 6.94. The van der Waals surface area contributed by atoms with Gasteiger partial charge in [0, 0.05) is 56.1 Å². The van der Waals surface area contributed by atoms with Gasteiger partial charge in [-0.1, -0.05) is 6.92 Å². The first-order chi connectivity index (χ1) is 15.4. The quantitative estimate of drug-likeness (QED) is 0.678. The summed E-state index contributed by atoms with van der Waals surface area (Å²) < 4.78 is 14.4. The smallest absolute Gasteiger partial charge is 0.237 e. The minimum atomic E-state index is -0.770. The summed E-state index contributed by atoms with van der Waals surface area (Å²) in [6, 6.07) is 0.916. The Balaban J connectivity index is 1.11. The maximum Gasteiger partial charge on any atom is 0.237 e. The van der Waals surface area contributed by atoms with Gasteiger partial charge >= 0.3 is 0 Å². The van der Waals surface area contributed by atoms with Crippen LogP contribution in [0.3, 0.4) is 0 Å². The third kappa shape index (κ3) is 4.56. The van der Waals surface area contributed by atoms with E-state index in [-0.39, 0.29) is 35.9 Å². The summed E-state index contributed by atoms with van der Waals surface area (Å²) in [6.07, 6.45) is 8.90. The first kappa shape index (κ1) is 22.6. The van der Waals surface area contributed by atoms with Crippen molar-refractivity contribution in [3.8, 4) is 0 Å². The van der Waals surface area contributed by atoms with Crippen molar-refractivity contribution in [2.24, 2.45) is 17.8 Å². The van der Waals surface area contributed by atoms with Crippen molar-refractivity contribution in [1.29, 1.82) is 0 Å². The van der Waals surface area contributed by atoms with Crippen LogP contribution in [0.2, 0.25) is 0 Å². The second kappa shape index (κ2) is 9.21. The number of halogens is 1. The summed E-state index contributed by atoms with van der Waals surface area (Å²) in [7, 11) is 1.98. The number of alkyl halides is 1. The molecule has 8 atom stereocenters. The van der Waals surface area contributed by atoms with E-state index in [9.17, 15) is 14.0 Å². The normalized spacial score (nSPS) is 42.5. The number of likely N-dealkylation sites (tertiary alicyclic amines) is 1. The van der Waals surface area contributed by atoms with Crippen LogP contribution < -0.4 is 10.6 Å². The van der Waals surface area contributed by atoms with Crippen molar-refractivity contribution in [3.63, 3.8) is 0 Å². The lowest BCUT2D eigenvalue weighted by Crippen LogP contribution is -2.51. The summed E-state index contributed by atoms with van der Waals surface area (Å²) in [5, 5.41) is 6.79. The van der Waals surface area contributed by atoms with Crippen LogP contribution in [0.25, 0.3) is 0 Å². The number of hydrogen-bond donors (Lipinski definition) is 2. The van der Waals surface area contributed by atoms with Gasteiger partial charge in [-0.15, -0.1) is 0 Å². The number of carbonyl (C=O) groups excluding carboxylic acids is 2. The summed E-state index contributed by atoms with van der Waals surface area (Å²) in [6.45, 7) is 4.19. The SMILES string of the molecule is CC1CCC(F)C2CC(C(=O)N[C@@H]3CCC[C@H](N4CCC(N(C)C(=O)C5CC5)C4)C3)NC12. The van der Waals surface area contributed by atoms with Crippen LogP contribution in [0.15, 0.2) is 0 Å². The van der Waals surface area contributed by atoms with Gasteiger partial charge < -0.3 is 15.5 Å². The molecular weight excluding hydrogens is 407 g/mol. The Morgan fingerprint density at radius 2 is 1.88 bits per heavy atom. The number of rotatable bonds is 5. The number of carbonyl (C=O) groups is 2. The van der Waals surface area contributed by atoms with Gasteiger partial charge in [-0.2, -0.15) is 0 Å². The molecule has 2 heterocycles. The molecule has 6 unspecified atom stereocenters. The van der Waals surface area contributed by atoms with E-state index in [1.807, 2.05) is 11.9 Å². The fraction of sp³-hybridized carbons (Fsp3) is 0.920. The molecule has 5 rings (SSSR count). The van der Waals surface area contributed by atoms with Gasteiger partial charge in [-0.05, 0) is 70.1 Å². The van der Waals surface area contributed by atoms with Gasteiger partial charge in [0.05, 0.1) is 6.04 Å². The molecule has 2 saturated heterocycles. The van der Waals surface area contributed by atoms with Crippen LogP contribution in [0.4, 0.5) is 4.39 Å². The molecule has 0 aromatic heterocycles. The number of likely N-dealkylation sites (N-methyl/N-ethyl adjacent to an activating group) is 1. The molecule has 5 fully saturated rings. The van der Waals surface area contributed by atoms with Crippen LogP contribution in [0.1, 0.15) is 71.1 Å².